The molecule has 4 heterocycles. The number of pyridine rings is 1. The van der Waals surface area contributed by atoms with Gasteiger partial charge in [0, 0.05) is 31.9 Å². The zero-order valence-electron chi connectivity index (χ0n) is 21.2. The largest absolute Gasteiger partial charge is 0.457 e. The van der Waals surface area contributed by atoms with E-state index in [1.807, 2.05) is 68.6 Å². The van der Waals surface area contributed by atoms with Gasteiger partial charge in [-0.25, -0.2) is 24.0 Å². The maximum atomic E-state index is 13.3. The van der Waals surface area contributed by atoms with Crippen LogP contribution in [-0.4, -0.2) is 53.8 Å². The van der Waals surface area contributed by atoms with E-state index in [1.54, 1.807) is 4.68 Å². The Balaban J connectivity index is 1.23. The minimum Gasteiger partial charge on any atom is -0.457 e. The van der Waals surface area contributed by atoms with Gasteiger partial charge in [-0.1, -0.05) is 17.9 Å². The molecule has 3 aromatic heterocycles. The molecule has 0 saturated heterocycles. The predicted molar refractivity (Wildman–Crippen MR) is 145 cm³/mol. The molecule has 0 unspecified atom stereocenters. The fourth-order valence-corrected chi connectivity index (χ4v) is 4.47. The second kappa shape index (κ2) is 9.60. The molecule has 6 rings (SSSR count). The van der Waals surface area contributed by atoms with Crippen LogP contribution in [0.3, 0.4) is 0 Å². The summed E-state index contributed by atoms with van der Waals surface area (Å²) in [4.78, 5) is 26.8. The van der Waals surface area contributed by atoms with E-state index in [9.17, 15) is 9.18 Å². The van der Waals surface area contributed by atoms with Gasteiger partial charge >= 0.3 is 0 Å². The molecule has 5 aromatic rings. The molecule has 39 heavy (non-hydrogen) atoms. The highest BCUT2D eigenvalue weighted by Crippen LogP contribution is 2.31. The second-order valence-electron chi connectivity index (χ2n) is 9.18. The number of fused-ring (bicyclic) bond motifs is 2. The molecule has 0 aliphatic carbocycles. The third kappa shape index (κ3) is 4.65. The van der Waals surface area contributed by atoms with E-state index >= 15 is 0 Å². The van der Waals surface area contributed by atoms with Gasteiger partial charge in [-0.3, -0.25) is 4.79 Å². The number of halogens is 1. The highest BCUT2D eigenvalue weighted by atomic mass is 19.1. The van der Waals surface area contributed by atoms with Crippen molar-refractivity contribution in [1.29, 1.82) is 0 Å². The number of nitrogens with zero attached hydrogens (tertiary/aromatic N) is 7. The van der Waals surface area contributed by atoms with Gasteiger partial charge in [0.1, 0.15) is 28.9 Å². The van der Waals surface area contributed by atoms with Crippen LogP contribution in [0, 0.1) is 6.92 Å². The fraction of sp³-hybridized carbons (Fsp3) is 0.143. The first-order valence-electron chi connectivity index (χ1n) is 12.2. The average Bonchev–Trinajstić information content (AvgIpc) is 3.57. The van der Waals surface area contributed by atoms with Crippen LogP contribution in [0.1, 0.15) is 11.3 Å². The smallest absolute Gasteiger partial charge is 0.282 e. The summed E-state index contributed by atoms with van der Waals surface area (Å²) < 4.78 is 21.1. The first-order valence-corrected chi connectivity index (χ1v) is 12.2. The molecule has 194 valence electrons. The molecule has 1 aliphatic rings. The number of carbonyl (C=O) groups is 1. The van der Waals surface area contributed by atoms with Crippen LogP contribution in [0.5, 0.6) is 11.5 Å². The van der Waals surface area contributed by atoms with Crippen LogP contribution < -0.4 is 10.1 Å². The average molecular weight is 523 g/mol. The SMILES string of the molecule is C=C(F)C(=O)N1CC=C(c2ccc3ncnc(Nc4ccc(Oc5ccc6c(c5)nnn6C)c(C)c4)c3n2)C1. The number of hydrogen-bond donors (Lipinski definition) is 1. The Morgan fingerprint density at radius 1 is 1.10 bits per heavy atom. The molecule has 2 aromatic carbocycles. The summed E-state index contributed by atoms with van der Waals surface area (Å²) in [6.45, 7) is 5.61. The van der Waals surface area contributed by atoms with Crippen molar-refractivity contribution in [3.8, 4) is 11.5 Å². The van der Waals surface area contributed by atoms with Crippen molar-refractivity contribution >= 4 is 45.1 Å². The molecule has 1 aliphatic heterocycles. The van der Waals surface area contributed by atoms with Gasteiger partial charge in [0.25, 0.3) is 5.91 Å². The van der Waals surface area contributed by atoms with Crippen molar-refractivity contribution in [2.24, 2.45) is 7.05 Å². The Kier molecular flexibility index (Phi) is 5.95. The molecule has 0 fully saturated rings. The van der Waals surface area contributed by atoms with Crippen LogP contribution >= 0.6 is 0 Å². The summed E-state index contributed by atoms with van der Waals surface area (Å²) in [7, 11) is 1.84. The number of anilines is 2. The number of carbonyl (C=O) groups excluding carboxylic acids is 1. The number of aromatic nitrogens is 6. The molecular formula is C28H23FN8O2. The number of benzene rings is 2. The number of nitrogens with one attached hydrogen (secondary N) is 1. The van der Waals surface area contributed by atoms with Crippen LogP contribution in [-0.2, 0) is 11.8 Å². The van der Waals surface area contributed by atoms with E-state index in [4.69, 9.17) is 9.72 Å². The summed E-state index contributed by atoms with van der Waals surface area (Å²) in [5, 5.41) is 11.5. The minimum atomic E-state index is -0.978. The number of aryl methyl sites for hydroxylation is 2. The van der Waals surface area contributed by atoms with Gasteiger partial charge in [0.2, 0.25) is 0 Å². The quantitative estimate of drug-likeness (QED) is 0.315. The molecule has 11 heteroatoms. The van der Waals surface area contributed by atoms with Gasteiger partial charge in [0.05, 0.1) is 16.7 Å². The standard InChI is InChI=1S/C28H23FN8O2/c1-16-12-19(4-9-25(16)39-20-5-8-24-23(13-20)34-35-36(24)3)32-27-26-22(30-15-31-27)7-6-21(33-26)18-10-11-37(14-18)28(38)17(2)29/h4-10,12-13,15H,2,11,14H2,1,3H3,(H,30,31,32). The lowest BCUT2D eigenvalue weighted by molar-refractivity contribution is -0.127. The molecule has 1 N–H and O–H groups in total. The first kappa shape index (κ1) is 24.2. The third-order valence-corrected chi connectivity index (χ3v) is 6.50. The first-order chi connectivity index (χ1) is 18.9. The fourth-order valence-electron chi connectivity index (χ4n) is 4.47. The van der Waals surface area contributed by atoms with E-state index in [1.165, 1.54) is 11.2 Å². The van der Waals surface area contributed by atoms with Gasteiger partial charge in [-0.2, -0.15) is 0 Å². The summed E-state index contributed by atoms with van der Waals surface area (Å²) >= 11 is 0. The Labute approximate surface area is 222 Å². The van der Waals surface area contributed by atoms with Crippen LogP contribution in [0.15, 0.2) is 73.3 Å². The minimum absolute atomic E-state index is 0.251. The second-order valence-corrected chi connectivity index (χ2v) is 9.18. The Hall–Kier alpha value is -5.19. The zero-order chi connectivity index (χ0) is 27.1. The molecule has 0 bridgehead atoms. The van der Waals surface area contributed by atoms with E-state index in [0.29, 0.717) is 40.6 Å². The Morgan fingerprint density at radius 2 is 1.97 bits per heavy atom. The molecule has 0 atom stereocenters. The van der Waals surface area contributed by atoms with Crippen molar-refractivity contribution in [3.05, 3.63) is 84.6 Å². The number of rotatable bonds is 6. The summed E-state index contributed by atoms with van der Waals surface area (Å²) in [5.74, 6) is 0.216. The summed E-state index contributed by atoms with van der Waals surface area (Å²) in [6, 6.07) is 15.1. The van der Waals surface area contributed by atoms with E-state index in [2.05, 4.69) is 32.2 Å². The van der Waals surface area contributed by atoms with Crippen LogP contribution in [0.25, 0.3) is 27.6 Å². The normalized spacial score (nSPS) is 13.1. The number of amides is 1. The maximum absolute atomic E-state index is 13.3. The van der Waals surface area contributed by atoms with Crippen molar-refractivity contribution in [2.45, 2.75) is 6.92 Å². The molecule has 10 nitrogen and oxygen atoms in total. The lowest BCUT2D eigenvalue weighted by Crippen LogP contribution is -2.28. The molecule has 0 saturated carbocycles. The van der Waals surface area contributed by atoms with Gasteiger partial charge in [-0.15, -0.1) is 5.10 Å². The molecular weight excluding hydrogens is 499 g/mol. The van der Waals surface area contributed by atoms with Crippen molar-refractivity contribution < 1.29 is 13.9 Å². The molecule has 0 spiro atoms. The molecule has 1 amide bonds. The zero-order valence-corrected chi connectivity index (χ0v) is 21.2. The van der Waals surface area contributed by atoms with Crippen molar-refractivity contribution in [1.82, 2.24) is 34.8 Å². The van der Waals surface area contributed by atoms with Gasteiger partial charge in [0.15, 0.2) is 11.6 Å². The van der Waals surface area contributed by atoms with Crippen molar-refractivity contribution in [3.63, 3.8) is 0 Å². The summed E-state index contributed by atoms with van der Waals surface area (Å²) in [5.41, 5.74) is 6.12. The lowest BCUT2D eigenvalue weighted by Gasteiger charge is -2.15. The summed E-state index contributed by atoms with van der Waals surface area (Å²) in [6.07, 6.45) is 3.33. The molecule has 0 radical (unpaired) electrons. The Morgan fingerprint density at radius 3 is 2.79 bits per heavy atom. The monoisotopic (exact) mass is 522 g/mol. The van der Waals surface area contributed by atoms with Gasteiger partial charge in [-0.05, 0) is 60.5 Å². The van der Waals surface area contributed by atoms with Crippen molar-refractivity contribution in [2.75, 3.05) is 18.4 Å². The maximum Gasteiger partial charge on any atom is 0.282 e. The predicted octanol–water partition coefficient (Wildman–Crippen LogP) is 4.86. The van der Waals surface area contributed by atoms with Crippen LogP contribution in [0.4, 0.5) is 15.9 Å². The van der Waals surface area contributed by atoms with E-state index < -0.39 is 11.7 Å². The van der Waals surface area contributed by atoms with E-state index in [0.717, 1.165) is 27.9 Å². The van der Waals surface area contributed by atoms with E-state index in [-0.39, 0.29) is 6.54 Å². The highest BCUT2D eigenvalue weighted by molar-refractivity contribution is 5.93. The Bertz CT molecular complexity index is 1810. The van der Waals surface area contributed by atoms with Crippen LogP contribution in [0.2, 0.25) is 0 Å². The number of hydrogen-bond acceptors (Lipinski definition) is 8. The number of ether oxygens (including phenoxy) is 1. The third-order valence-electron chi connectivity index (χ3n) is 6.50. The lowest BCUT2D eigenvalue weighted by atomic mass is 10.1. The topological polar surface area (TPSA) is 111 Å². The highest BCUT2D eigenvalue weighted by Gasteiger charge is 2.23. The van der Waals surface area contributed by atoms with Gasteiger partial charge < -0.3 is 15.0 Å².